The van der Waals surface area contributed by atoms with Gasteiger partial charge >= 0.3 is 0 Å². The van der Waals surface area contributed by atoms with Crippen LogP contribution in [0.4, 0.5) is 15.8 Å². The molecule has 0 saturated carbocycles. The van der Waals surface area contributed by atoms with Crippen molar-refractivity contribution >= 4 is 51.5 Å². The molecule has 0 saturated heterocycles. The molecule has 0 radical (unpaired) electrons. The van der Waals surface area contributed by atoms with Crippen LogP contribution in [0.3, 0.4) is 0 Å². The van der Waals surface area contributed by atoms with E-state index < -0.39 is 11.7 Å². The van der Waals surface area contributed by atoms with Crippen molar-refractivity contribution in [2.75, 3.05) is 25.1 Å². The Morgan fingerprint density at radius 2 is 2.00 bits per heavy atom. The first-order valence-electron chi connectivity index (χ1n) is 7.52. The van der Waals surface area contributed by atoms with Crippen molar-refractivity contribution in [2.45, 2.75) is 6.92 Å². The van der Waals surface area contributed by atoms with Gasteiger partial charge in [-0.2, -0.15) is 0 Å². The first-order valence-corrected chi connectivity index (χ1v) is 8.98. The summed E-state index contributed by atoms with van der Waals surface area (Å²) in [6.07, 6.45) is 0. The Kier molecular flexibility index (Phi) is 7.89. The van der Waals surface area contributed by atoms with Gasteiger partial charge in [0.25, 0.3) is 5.91 Å². The predicted octanol–water partition coefficient (Wildman–Crippen LogP) is 4.53. The van der Waals surface area contributed by atoms with Gasteiger partial charge in [0.2, 0.25) is 0 Å². The van der Waals surface area contributed by atoms with Crippen LogP contribution in [-0.2, 0) is 9.57 Å². The summed E-state index contributed by atoms with van der Waals surface area (Å²) in [6.45, 7) is 3.01. The van der Waals surface area contributed by atoms with E-state index in [1.165, 1.54) is 18.2 Å². The molecule has 0 fully saturated rings. The van der Waals surface area contributed by atoms with E-state index in [-0.39, 0.29) is 17.9 Å². The molecule has 8 heteroatoms. The zero-order valence-corrected chi connectivity index (χ0v) is 16.4. The Balaban J connectivity index is 2.12. The van der Waals surface area contributed by atoms with Gasteiger partial charge in [-0.3, -0.25) is 9.63 Å². The quantitative estimate of drug-likeness (QED) is 0.333. The third-order valence-electron chi connectivity index (χ3n) is 3.13. The average molecular weight is 479 g/mol. The molecule has 2 aromatic rings. The molecule has 0 heterocycles. The molecule has 2 aromatic carbocycles. The van der Waals surface area contributed by atoms with E-state index in [0.29, 0.717) is 23.9 Å². The van der Waals surface area contributed by atoms with Crippen LogP contribution in [-0.4, -0.2) is 25.7 Å². The summed E-state index contributed by atoms with van der Waals surface area (Å²) >= 11 is 8.32. The van der Waals surface area contributed by atoms with Gasteiger partial charge < -0.3 is 10.1 Å². The summed E-state index contributed by atoms with van der Waals surface area (Å²) in [4.78, 5) is 17.3. The zero-order valence-electron chi connectivity index (χ0n) is 13.4. The highest BCUT2D eigenvalue weighted by Crippen LogP contribution is 2.29. The van der Waals surface area contributed by atoms with Crippen molar-refractivity contribution in [3.8, 4) is 0 Å². The van der Waals surface area contributed by atoms with Crippen LogP contribution in [0.1, 0.15) is 17.3 Å². The van der Waals surface area contributed by atoms with Gasteiger partial charge in [0.05, 0.1) is 35.2 Å². The Hall–Kier alpha value is -1.42. The highest BCUT2D eigenvalue weighted by atomic mass is 127. The van der Waals surface area contributed by atoms with E-state index in [9.17, 15) is 9.18 Å². The van der Waals surface area contributed by atoms with Gasteiger partial charge in [-0.1, -0.05) is 11.6 Å². The summed E-state index contributed by atoms with van der Waals surface area (Å²) in [5.74, 6) is -0.974. The largest absolute Gasteiger partial charge is 0.379 e. The maximum atomic E-state index is 13.6. The SMILES string of the molecule is CCOCCONC(=O)c1ccc(F)cc1Nc1ccc(I)cc1Cl. The standard InChI is InChI=1S/C17H17ClFIN2O3/c1-2-24-7-8-25-22-17(23)13-5-3-11(19)9-16(13)21-15-6-4-12(20)10-14(15)18/h3-6,9-10,21H,2,7-8H2,1H3,(H,22,23). The van der Waals surface area contributed by atoms with Gasteiger partial charge in [-0.05, 0) is 65.9 Å². The average Bonchev–Trinajstić information content (AvgIpc) is 2.57. The van der Waals surface area contributed by atoms with E-state index in [0.717, 1.165) is 3.57 Å². The normalized spacial score (nSPS) is 10.6. The molecule has 0 spiro atoms. The van der Waals surface area contributed by atoms with Crippen LogP contribution < -0.4 is 10.8 Å². The number of halogens is 3. The molecular formula is C17H17ClFIN2O3. The van der Waals surface area contributed by atoms with Crippen LogP contribution in [0.15, 0.2) is 36.4 Å². The minimum atomic E-state index is -0.499. The second-order valence-corrected chi connectivity index (χ2v) is 6.57. The van der Waals surface area contributed by atoms with Crippen molar-refractivity contribution in [1.82, 2.24) is 5.48 Å². The first-order chi connectivity index (χ1) is 12.0. The molecule has 0 unspecified atom stereocenters. The Labute approximate surface area is 163 Å². The Morgan fingerprint density at radius 1 is 1.20 bits per heavy atom. The lowest BCUT2D eigenvalue weighted by molar-refractivity contribution is 0.00170. The van der Waals surface area contributed by atoms with Crippen LogP contribution in [0.5, 0.6) is 0 Å². The molecule has 0 aromatic heterocycles. The van der Waals surface area contributed by atoms with E-state index in [4.69, 9.17) is 21.2 Å². The summed E-state index contributed by atoms with van der Waals surface area (Å²) in [5.41, 5.74) is 3.40. The minimum Gasteiger partial charge on any atom is -0.379 e. The summed E-state index contributed by atoms with van der Waals surface area (Å²) in [6, 6.07) is 9.18. The van der Waals surface area contributed by atoms with Gasteiger partial charge in [-0.15, -0.1) is 0 Å². The van der Waals surface area contributed by atoms with Crippen molar-refractivity contribution in [3.05, 3.63) is 56.4 Å². The lowest BCUT2D eigenvalue weighted by atomic mass is 10.1. The molecule has 2 N–H and O–H groups in total. The highest BCUT2D eigenvalue weighted by molar-refractivity contribution is 14.1. The van der Waals surface area contributed by atoms with E-state index in [2.05, 4.69) is 33.4 Å². The summed E-state index contributed by atoms with van der Waals surface area (Å²) in [7, 11) is 0. The number of nitrogens with one attached hydrogen (secondary N) is 2. The highest BCUT2D eigenvalue weighted by Gasteiger charge is 2.14. The number of anilines is 2. The molecule has 5 nitrogen and oxygen atoms in total. The molecule has 25 heavy (non-hydrogen) atoms. The van der Waals surface area contributed by atoms with E-state index in [1.54, 1.807) is 12.1 Å². The molecule has 2 rings (SSSR count). The molecular weight excluding hydrogens is 462 g/mol. The fraction of sp³-hybridized carbons (Fsp3) is 0.235. The molecule has 0 atom stereocenters. The first kappa shape index (κ1) is 19.9. The van der Waals surface area contributed by atoms with Crippen molar-refractivity contribution in [1.29, 1.82) is 0 Å². The molecule has 1 amide bonds. The Morgan fingerprint density at radius 3 is 2.72 bits per heavy atom. The van der Waals surface area contributed by atoms with Crippen molar-refractivity contribution in [3.63, 3.8) is 0 Å². The minimum absolute atomic E-state index is 0.215. The fourth-order valence-corrected chi connectivity index (χ4v) is 2.87. The summed E-state index contributed by atoms with van der Waals surface area (Å²) < 4.78 is 19.7. The van der Waals surface area contributed by atoms with Crippen molar-refractivity contribution < 1.29 is 18.8 Å². The monoisotopic (exact) mass is 478 g/mol. The van der Waals surface area contributed by atoms with Gasteiger partial charge in [0.15, 0.2) is 0 Å². The Bertz CT molecular complexity index is 746. The number of carbonyl (C=O) groups is 1. The number of hydroxylamine groups is 1. The van der Waals surface area contributed by atoms with Gasteiger partial charge in [0, 0.05) is 10.2 Å². The second-order valence-electron chi connectivity index (χ2n) is 4.92. The topological polar surface area (TPSA) is 59.6 Å². The number of hydrogen-bond acceptors (Lipinski definition) is 4. The summed E-state index contributed by atoms with van der Waals surface area (Å²) in [5, 5.41) is 3.45. The predicted molar refractivity (Wildman–Crippen MR) is 104 cm³/mol. The van der Waals surface area contributed by atoms with Crippen LogP contribution >= 0.6 is 34.2 Å². The molecule has 0 bridgehead atoms. The van der Waals surface area contributed by atoms with Gasteiger partial charge in [0.1, 0.15) is 5.82 Å². The third-order valence-corrected chi connectivity index (χ3v) is 4.11. The number of hydrogen-bond donors (Lipinski definition) is 2. The number of amides is 1. The van der Waals surface area contributed by atoms with Crippen LogP contribution in [0.2, 0.25) is 5.02 Å². The smallest absolute Gasteiger partial charge is 0.276 e. The van der Waals surface area contributed by atoms with E-state index in [1.807, 2.05) is 13.0 Å². The molecule has 0 aliphatic carbocycles. The maximum absolute atomic E-state index is 13.6. The third kappa shape index (κ3) is 6.10. The van der Waals surface area contributed by atoms with Crippen LogP contribution in [0.25, 0.3) is 0 Å². The van der Waals surface area contributed by atoms with E-state index >= 15 is 0 Å². The molecule has 0 aliphatic rings. The number of ether oxygens (including phenoxy) is 1. The second kappa shape index (κ2) is 9.91. The number of carbonyl (C=O) groups excluding carboxylic acids is 1. The lowest BCUT2D eigenvalue weighted by Crippen LogP contribution is -2.26. The lowest BCUT2D eigenvalue weighted by Gasteiger charge is -2.14. The zero-order chi connectivity index (χ0) is 18.2. The molecule has 0 aliphatic heterocycles. The molecule has 134 valence electrons. The maximum Gasteiger partial charge on any atom is 0.276 e. The van der Waals surface area contributed by atoms with Gasteiger partial charge in [-0.25, -0.2) is 9.87 Å². The number of benzene rings is 2. The number of rotatable bonds is 8. The van der Waals surface area contributed by atoms with Crippen LogP contribution in [0, 0.1) is 9.39 Å². The van der Waals surface area contributed by atoms with Crippen molar-refractivity contribution in [2.24, 2.45) is 0 Å². The fourth-order valence-electron chi connectivity index (χ4n) is 1.97.